The summed E-state index contributed by atoms with van der Waals surface area (Å²) >= 11 is 1.65. The first-order valence-corrected chi connectivity index (χ1v) is 7.23. The molecular weight excluding hydrogens is 274 g/mol. The summed E-state index contributed by atoms with van der Waals surface area (Å²) in [5.41, 5.74) is 1.60. The molecule has 0 saturated carbocycles. The number of esters is 1. The zero-order chi connectivity index (χ0) is 14.7. The lowest BCUT2D eigenvalue weighted by Gasteiger charge is -2.03. The fraction of sp³-hybridized carbons (Fsp3) is 0.200. The van der Waals surface area contributed by atoms with E-state index in [0.29, 0.717) is 11.4 Å². The highest BCUT2D eigenvalue weighted by Crippen LogP contribution is 2.25. The second kappa shape index (κ2) is 5.96. The fourth-order valence-electron chi connectivity index (χ4n) is 1.96. The van der Waals surface area contributed by atoms with Gasteiger partial charge in [0, 0.05) is 10.6 Å². The molecule has 1 N–H and O–H groups in total. The van der Waals surface area contributed by atoms with Crippen LogP contribution in [0.2, 0.25) is 0 Å². The summed E-state index contributed by atoms with van der Waals surface area (Å²) in [6.07, 6.45) is 3.71. The highest BCUT2D eigenvalue weighted by Gasteiger charge is 2.38. The van der Waals surface area contributed by atoms with Crippen molar-refractivity contribution in [1.29, 1.82) is 0 Å². The summed E-state index contributed by atoms with van der Waals surface area (Å²) in [5, 5.41) is 2.86. The van der Waals surface area contributed by atoms with Gasteiger partial charge < -0.3 is 10.1 Å². The minimum absolute atomic E-state index is 0.309. The lowest BCUT2D eigenvalue weighted by Crippen LogP contribution is -2.21. The number of carbonyl (C=O) groups is 2. The van der Waals surface area contributed by atoms with Crippen LogP contribution in [0.5, 0.6) is 0 Å². The molecule has 4 nitrogen and oxygen atoms in total. The second-order valence-corrected chi connectivity index (χ2v) is 5.18. The first-order valence-electron chi connectivity index (χ1n) is 6.00. The van der Waals surface area contributed by atoms with Gasteiger partial charge in [-0.1, -0.05) is 18.7 Å². The van der Waals surface area contributed by atoms with E-state index < -0.39 is 11.9 Å². The molecule has 1 atom stereocenters. The third-order valence-corrected chi connectivity index (χ3v) is 3.78. The van der Waals surface area contributed by atoms with Crippen molar-refractivity contribution >= 4 is 29.6 Å². The van der Waals surface area contributed by atoms with Crippen LogP contribution in [0, 0.1) is 5.92 Å². The zero-order valence-corrected chi connectivity index (χ0v) is 12.1. The van der Waals surface area contributed by atoms with Crippen LogP contribution in [-0.4, -0.2) is 25.1 Å². The Bertz CT molecular complexity index is 590. The van der Waals surface area contributed by atoms with Gasteiger partial charge in [-0.2, -0.15) is 0 Å². The summed E-state index contributed by atoms with van der Waals surface area (Å²) < 4.78 is 4.61. The predicted molar refractivity (Wildman–Crippen MR) is 79.0 cm³/mol. The van der Waals surface area contributed by atoms with E-state index in [9.17, 15) is 9.59 Å². The van der Waals surface area contributed by atoms with E-state index in [1.165, 1.54) is 7.11 Å². The normalized spacial score (nSPS) is 20.1. The Morgan fingerprint density at radius 2 is 2.05 bits per heavy atom. The molecular formula is C15H15NO3S. The van der Waals surface area contributed by atoms with Gasteiger partial charge in [-0.25, -0.2) is 0 Å². The van der Waals surface area contributed by atoms with E-state index in [4.69, 9.17) is 0 Å². The van der Waals surface area contributed by atoms with Crippen molar-refractivity contribution in [3.63, 3.8) is 0 Å². The van der Waals surface area contributed by atoms with Crippen LogP contribution in [0.1, 0.15) is 5.56 Å². The van der Waals surface area contributed by atoms with Gasteiger partial charge in [0.25, 0.3) is 0 Å². The van der Waals surface area contributed by atoms with Crippen LogP contribution < -0.4 is 5.32 Å². The smallest absolute Gasteiger partial charge is 0.322 e. The second-order valence-electron chi connectivity index (χ2n) is 4.30. The third kappa shape index (κ3) is 2.77. The number of allylic oxidation sites excluding steroid dienone is 1. The first kappa shape index (κ1) is 14.4. The Balaban J connectivity index is 2.25. The molecule has 1 fully saturated rings. The molecule has 0 radical (unpaired) electrons. The molecule has 1 unspecified atom stereocenters. The number of carbonyl (C=O) groups excluding carboxylic acids is 2. The molecule has 1 heterocycles. The number of rotatable bonds is 3. The van der Waals surface area contributed by atoms with Crippen molar-refractivity contribution in [1.82, 2.24) is 5.32 Å². The Morgan fingerprint density at radius 1 is 1.40 bits per heavy atom. The Kier molecular flexibility index (Phi) is 4.29. The Hall–Kier alpha value is -2.01. The van der Waals surface area contributed by atoms with E-state index >= 15 is 0 Å². The van der Waals surface area contributed by atoms with Crippen LogP contribution in [0.15, 0.2) is 47.1 Å². The average Bonchev–Trinajstić information content (AvgIpc) is 2.73. The molecule has 1 aliphatic rings. The molecule has 1 aromatic rings. The molecule has 0 bridgehead atoms. The Morgan fingerprint density at radius 3 is 2.60 bits per heavy atom. The van der Waals surface area contributed by atoms with Crippen LogP contribution in [-0.2, 0) is 14.3 Å². The van der Waals surface area contributed by atoms with E-state index in [0.717, 1.165) is 10.5 Å². The predicted octanol–water partition coefficient (Wildman–Crippen LogP) is 2.22. The number of ketones is 1. The lowest BCUT2D eigenvalue weighted by molar-refractivity contribution is -0.146. The number of hydrogen-bond acceptors (Lipinski definition) is 5. The average molecular weight is 289 g/mol. The summed E-state index contributed by atoms with van der Waals surface area (Å²) in [7, 11) is 1.26. The third-order valence-electron chi connectivity index (χ3n) is 3.04. The SMILES string of the molecule is C=C1NC(=Cc2ccc(SC)cc2)C(=O)C1C(=O)OC. The molecule has 1 aromatic carbocycles. The summed E-state index contributed by atoms with van der Waals surface area (Å²) in [6.45, 7) is 3.70. The lowest BCUT2D eigenvalue weighted by atomic mass is 10.0. The van der Waals surface area contributed by atoms with E-state index in [1.807, 2.05) is 30.5 Å². The van der Waals surface area contributed by atoms with Crippen molar-refractivity contribution < 1.29 is 14.3 Å². The molecule has 0 spiro atoms. The van der Waals surface area contributed by atoms with Crippen LogP contribution in [0.4, 0.5) is 0 Å². The number of Topliss-reactive ketones (excluding diaryl/α,β-unsaturated/α-hetero) is 1. The number of benzene rings is 1. The molecule has 1 aliphatic heterocycles. The van der Waals surface area contributed by atoms with Crippen LogP contribution in [0.3, 0.4) is 0 Å². The highest BCUT2D eigenvalue weighted by atomic mass is 32.2. The fourth-order valence-corrected chi connectivity index (χ4v) is 2.37. The van der Waals surface area contributed by atoms with E-state index in [1.54, 1.807) is 17.8 Å². The molecule has 0 amide bonds. The maximum absolute atomic E-state index is 12.1. The first-order chi connectivity index (χ1) is 9.56. The van der Waals surface area contributed by atoms with Crippen molar-refractivity contribution in [3.8, 4) is 0 Å². The van der Waals surface area contributed by atoms with Crippen molar-refractivity contribution in [2.24, 2.45) is 5.92 Å². The number of hydrogen-bond donors (Lipinski definition) is 1. The van der Waals surface area contributed by atoms with Gasteiger partial charge in [0.15, 0.2) is 11.7 Å². The maximum Gasteiger partial charge on any atom is 0.322 e. The van der Waals surface area contributed by atoms with Gasteiger partial charge in [0.1, 0.15) is 0 Å². The molecule has 104 valence electrons. The van der Waals surface area contributed by atoms with Crippen molar-refractivity contribution in [3.05, 3.63) is 47.8 Å². The van der Waals surface area contributed by atoms with Gasteiger partial charge in [0.2, 0.25) is 0 Å². The molecule has 0 aromatic heterocycles. The van der Waals surface area contributed by atoms with Gasteiger partial charge in [-0.3, -0.25) is 9.59 Å². The van der Waals surface area contributed by atoms with Crippen molar-refractivity contribution in [2.45, 2.75) is 4.90 Å². The molecule has 2 rings (SSSR count). The molecule has 0 aliphatic carbocycles. The van der Waals surface area contributed by atoms with Gasteiger partial charge in [0.05, 0.1) is 12.8 Å². The van der Waals surface area contributed by atoms with Crippen LogP contribution >= 0.6 is 11.8 Å². The number of nitrogens with one attached hydrogen (secondary N) is 1. The molecule has 5 heteroatoms. The molecule has 1 saturated heterocycles. The van der Waals surface area contributed by atoms with Gasteiger partial charge in [-0.15, -0.1) is 11.8 Å². The van der Waals surface area contributed by atoms with E-state index in [-0.39, 0.29) is 5.78 Å². The standard InChI is InChI=1S/C15H15NO3S/c1-9-13(15(18)19-2)14(17)12(16-9)8-10-4-6-11(20-3)7-5-10/h4-8,13,16H,1H2,2-3H3. The van der Waals surface area contributed by atoms with Crippen LogP contribution in [0.25, 0.3) is 6.08 Å². The summed E-state index contributed by atoms with van der Waals surface area (Å²) in [4.78, 5) is 24.8. The topological polar surface area (TPSA) is 55.4 Å². The minimum atomic E-state index is -0.947. The quantitative estimate of drug-likeness (QED) is 0.400. The number of methoxy groups -OCH3 is 1. The summed E-state index contributed by atoms with van der Waals surface area (Å²) in [6, 6.07) is 7.79. The Labute approximate surface area is 121 Å². The monoisotopic (exact) mass is 289 g/mol. The maximum atomic E-state index is 12.1. The summed E-state index contributed by atoms with van der Waals surface area (Å²) in [5.74, 6) is -1.85. The number of ether oxygens (including phenoxy) is 1. The highest BCUT2D eigenvalue weighted by molar-refractivity contribution is 7.98. The molecule has 20 heavy (non-hydrogen) atoms. The van der Waals surface area contributed by atoms with Gasteiger partial charge in [-0.05, 0) is 30.0 Å². The van der Waals surface area contributed by atoms with Gasteiger partial charge >= 0.3 is 5.97 Å². The van der Waals surface area contributed by atoms with Crippen molar-refractivity contribution in [2.75, 3.05) is 13.4 Å². The largest absolute Gasteiger partial charge is 0.468 e. The number of thioether (sulfide) groups is 1. The van der Waals surface area contributed by atoms with E-state index in [2.05, 4.69) is 16.6 Å². The zero-order valence-electron chi connectivity index (χ0n) is 11.3. The minimum Gasteiger partial charge on any atom is -0.468 e.